The van der Waals surface area contributed by atoms with Gasteiger partial charge in [-0.2, -0.15) is 0 Å². The Balaban J connectivity index is 1.55. The molecule has 0 unspecified atom stereocenters. The van der Waals surface area contributed by atoms with Crippen LogP contribution in [0.15, 0.2) is 18.2 Å². The molecular formula is C23H28N2O2S2. The zero-order valence-corrected chi connectivity index (χ0v) is 18.6. The Labute approximate surface area is 182 Å². The summed E-state index contributed by atoms with van der Waals surface area (Å²) in [7, 11) is 0. The predicted molar refractivity (Wildman–Crippen MR) is 124 cm³/mol. The molecule has 6 heteroatoms. The van der Waals surface area contributed by atoms with Crippen molar-refractivity contribution >= 4 is 45.3 Å². The first kappa shape index (κ1) is 20.4. The van der Waals surface area contributed by atoms with Gasteiger partial charge >= 0.3 is 5.97 Å². The minimum absolute atomic E-state index is 0.242. The number of hydrogen-bond acceptors (Lipinski definition) is 4. The van der Waals surface area contributed by atoms with Crippen LogP contribution in [-0.2, 0) is 30.4 Å². The number of benzene rings is 1. The van der Waals surface area contributed by atoms with Gasteiger partial charge in [0.1, 0.15) is 5.00 Å². The molecule has 0 fully saturated rings. The van der Waals surface area contributed by atoms with Crippen molar-refractivity contribution in [2.45, 2.75) is 64.7 Å². The molecule has 0 saturated carbocycles. The molecule has 4 nitrogen and oxygen atoms in total. The molecule has 0 bridgehead atoms. The Bertz CT molecular complexity index is 920. The van der Waals surface area contributed by atoms with Crippen LogP contribution >= 0.6 is 23.6 Å². The maximum absolute atomic E-state index is 12.7. The number of hydrogen-bond donors (Lipinski definition) is 2. The van der Waals surface area contributed by atoms with Crippen molar-refractivity contribution in [1.29, 1.82) is 0 Å². The molecule has 0 atom stereocenters. The second-order valence-electron chi connectivity index (χ2n) is 7.76. The lowest BCUT2D eigenvalue weighted by Crippen LogP contribution is -2.20. The summed E-state index contributed by atoms with van der Waals surface area (Å²) >= 11 is 7.24. The molecule has 1 heterocycles. The van der Waals surface area contributed by atoms with Gasteiger partial charge in [0.2, 0.25) is 0 Å². The first-order valence-corrected chi connectivity index (χ1v) is 11.9. The molecular weight excluding hydrogens is 400 g/mol. The number of esters is 1. The van der Waals surface area contributed by atoms with Crippen molar-refractivity contribution < 1.29 is 9.53 Å². The summed E-state index contributed by atoms with van der Waals surface area (Å²) in [5.74, 6) is -0.242. The molecule has 4 rings (SSSR count). The summed E-state index contributed by atoms with van der Waals surface area (Å²) in [5.41, 5.74) is 5.69. The summed E-state index contributed by atoms with van der Waals surface area (Å²) in [6, 6.07) is 6.46. The summed E-state index contributed by atoms with van der Waals surface area (Å²) in [6.07, 6.45) is 10.3. The normalized spacial score (nSPS) is 15.6. The zero-order chi connectivity index (χ0) is 20.2. The van der Waals surface area contributed by atoms with Crippen molar-refractivity contribution in [1.82, 2.24) is 0 Å². The average Bonchev–Trinajstić information content (AvgIpc) is 3.26. The highest BCUT2D eigenvalue weighted by atomic mass is 32.1. The molecule has 0 spiro atoms. The number of thiocarbonyl (C=S) groups is 1. The van der Waals surface area contributed by atoms with Crippen LogP contribution in [0.25, 0.3) is 0 Å². The van der Waals surface area contributed by atoms with Crippen molar-refractivity contribution in [3.05, 3.63) is 45.3 Å². The van der Waals surface area contributed by atoms with Crippen LogP contribution in [0.5, 0.6) is 0 Å². The Morgan fingerprint density at radius 3 is 2.66 bits per heavy atom. The van der Waals surface area contributed by atoms with Gasteiger partial charge in [-0.3, -0.25) is 0 Å². The van der Waals surface area contributed by atoms with E-state index in [1.165, 1.54) is 48.1 Å². The predicted octanol–water partition coefficient (Wildman–Crippen LogP) is 5.88. The fourth-order valence-corrected chi connectivity index (χ4v) is 5.91. The van der Waals surface area contributed by atoms with Gasteiger partial charge in [0.15, 0.2) is 5.11 Å². The standard InChI is InChI=1S/C23H28N2O2S2/c1-2-27-22(26)20-18-10-5-3-4-6-11-19(18)29-21(20)25-23(28)24-17-13-12-15-8-7-9-16(15)14-17/h12-14H,2-11H2,1H3,(H2,24,25,28). The minimum atomic E-state index is -0.242. The van der Waals surface area contributed by atoms with E-state index in [1.807, 2.05) is 6.92 Å². The second-order valence-corrected chi connectivity index (χ2v) is 9.27. The number of aryl methyl sites for hydroxylation is 3. The Morgan fingerprint density at radius 1 is 1.03 bits per heavy atom. The fourth-order valence-electron chi connectivity index (χ4n) is 4.34. The van der Waals surface area contributed by atoms with E-state index >= 15 is 0 Å². The Morgan fingerprint density at radius 2 is 1.83 bits per heavy atom. The Kier molecular flexibility index (Phi) is 6.50. The van der Waals surface area contributed by atoms with E-state index in [0.717, 1.165) is 41.9 Å². The van der Waals surface area contributed by atoms with Crippen LogP contribution in [0, 0.1) is 0 Å². The number of fused-ring (bicyclic) bond motifs is 2. The molecule has 2 N–H and O–H groups in total. The van der Waals surface area contributed by atoms with Crippen LogP contribution in [0.2, 0.25) is 0 Å². The van der Waals surface area contributed by atoms with Gasteiger partial charge in [-0.15, -0.1) is 11.3 Å². The summed E-state index contributed by atoms with van der Waals surface area (Å²) < 4.78 is 5.38. The number of carbonyl (C=O) groups excluding carboxylic acids is 1. The highest BCUT2D eigenvalue weighted by Gasteiger charge is 2.25. The van der Waals surface area contributed by atoms with Crippen LogP contribution < -0.4 is 10.6 Å². The van der Waals surface area contributed by atoms with Crippen LogP contribution in [0.3, 0.4) is 0 Å². The van der Waals surface area contributed by atoms with E-state index in [0.29, 0.717) is 17.3 Å². The van der Waals surface area contributed by atoms with Gasteiger partial charge < -0.3 is 15.4 Å². The maximum atomic E-state index is 12.7. The van der Waals surface area contributed by atoms with E-state index in [1.54, 1.807) is 11.3 Å². The third-order valence-electron chi connectivity index (χ3n) is 5.73. The van der Waals surface area contributed by atoms with Gasteiger partial charge in [0, 0.05) is 10.6 Å². The number of nitrogens with one attached hydrogen (secondary N) is 2. The first-order valence-electron chi connectivity index (χ1n) is 10.7. The largest absolute Gasteiger partial charge is 0.462 e. The zero-order valence-electron chi connectivity index (χ0n) is 16.9. The van der Waals surface area contributed by atoms with E-state index in [2.05, 4.69) is 28.8 Å². The molecule has 154 valence electrons. The molecule has 1 aromatic heterocycles. The lowest BCUT2D eigenvalue weighted by Gasteiger charge is -2.13. The molecule has 0 radical (unpaired) electrons. The highest BCUT2D eigenvalue weighted by molar-refractivity contribution is 7.80. The van der Waals surface area contributed by atoms with Crippen molar-refractivity contribution in [2.24, 2.45) is 0 Å². The molecule has 2 aromatic rings. The highest BCUT2D eigenvalue weighted by Crippen LogP contribution is 2.37. The molecule has 0 amide bonds. The monoisotopic (exact) mass is 428 g/mol. The van der Waals surface area contributed by atoms with Crippen LogP contribution in [0.4, 0.5) is 10.7 Å². The summed E-state index contributed by atoms with van der Waals surface area (Å²) in [4.78, 5) is 14.0. The van der Waals surface area contributed by atoms with Gasteiger partial charge in [0.25, 0.3) is 0 Å². The SMILES string of the molecule is CCOC(=O)c1c(NC(=S)Nc2ccc3c(c2)CCC3)sc2c1CCCCCC2. The molecule has 1 aromatic carbocycles. The van der Waals surface area contributed by atoms with E-state index in [9.17, 15) is 4.79 Å². The number of ether oxygens (including phenoxy) is 1. The average molecular weight is 429 g/mol. The van der Waals surface area contributed by atoms with Crippen LogP contribution in [-0.4, -0.2) is 17.7 Å². The van der Waals surface area contributed by atoms with E-state index in [-0.39, 0.29) is 5.97 Å². The number of carbonyl (C=O) groups is 1. The number of thiophene rings is 1. The van der Waals surface area contributed by atoms with Gasteiger partial charge in [0.05, 0.1) is 12.2 Å². The summed E-state index contributed by atoms with van der Waals surface area (Å²) in [6.45, 7) is 2.22. The van der Waals surface area contributed by atoms with Gasteiger partial charge in [-0.1, -0.05) is 18.9 Å². The number of anilines is 2. The molecule has 2 aliphatic carbocycles. The third-order valence-corrected chi connectivity index (χ3v) is 7.15. The maximum Gasteiger partial charge on any atom is 0.341 e. The van der Waals surface area contributed by atoms with E-state index in [4.69, 9.17) is 17.0 Å². The number of rotatable bonds is 4. The molecule has 2 aliphatic rings. The molecule has 0 saturated heterocycles. The van der Waals surface area contributed by atoms with Crippen molar-refractivity contribution in [3.8, 4) is 0 Å². The minimum Gasteiger partial charge on any atom is -0.462 e. The fraction of sp³-hybridized carbons (Fsp3) is 0.478. The van der Waals surface area contributed by atoms with Crippen molar-refractivity contribution in [3.63, 3.8) is 0 Å². The quantitative estimate of drug-likeness (QED) is 0.470. The topological polar surface area (TPSA) is 50.4 Å². The van der Waals surface area contributed by atoms with Crippen LogP contribution in [0.1, 0.15) is 71.0 Å². The van der Waals surface area contributed by atoms with Gasteiger partial charge in [-0.25, -0.2) is 4.79 Å². The summed E-state index contributed by atoms with van der Waals surface area (Å²) in [5, 5.41) is 7.93. The van der Waals surface area contributed by atoms with Gasteiger partial charge in [-0.05, 0) is 92.9 Å². The first-order chi connectivity index (χ1) is 14.2. The smallest absolute Gasteiger partial charge is 0.341 e. The molecule has 29 heavy (non-hydrogen) atoms. The van der Waals surface area contributed by atoms with Crippen molar-refractivity contribution in [2.75, 3.05) is 17.2 Å². The lowest BCUT2D eigenvalue weighted by molar-refractivity contribution is 0.0526. The van der Waals surface area contributed by atoms with E-state index < -0.39 is 0 Å². The molecule has 0 aliphatic heterocycles. The Hall–Kier alpha value is -1.92. The third kappa shape index (κ3) is 4.64. The lowest BCUT2D eigenvalue weighted by atomic mass is 9.96. The second kappa shape index (κ2) is 9.26.